The Hall–Kier alpha value is -1.91. The van der Waals surface area contributed by atoms with E-state index in [1.165, 1.54) is 44.9 Å². The van der Waals surface area contributed by atoms with Crippen LogP contribution in [0.2, 0.25) is 0 Å². The Morgan fingerprint density at radius 1 is 0.655 bits per heavy atom. The molecule has 0 bridgehead atoms. The van der Waals surface area contributed by atoms with Gasteiger partial charge in [0.25, 0.3) is 0 Å². The SMILES string of the molecule is CCCCCCCCCCCOC(=O)c1cccc(C(=O)OCCCCCC)n1. The fourth-order valence-electron chi connectivity index (χ4n) is 3.08. The van der Waals surface area contributed by atoms with Gasteiger partial charge in [0.05, 0.1) is 13.2 Å². The summed E-state index contributed by atoms with van der Waals surface area (Å²) in [5.74, 6) is -0.975. The zero-order valence-electron chi connectivity index (χ0n) is 18.4. The maximum absolute atomic E-state index is 12.2. The summed E-state index contributed by atoms with van der Waals surface area (Å²) in [6, 6.07) is 4.76. The molecule has 0 atom stereocenters. The van der Waals surface area contributed by atoms with E-state index in [1.807, 2.05) is 0 Å². The number of unbranched alkanes of at least 4 members (excludes halogenated alkanes) is 11. The quantitative estimate of drug-likeness (QED) is 0.218. The average molecular weight is 406 g/mol. The van der Waals surface area contributed by atoms with Crippen LogP contribution in [0.5, 0.6) is 0 Å². The normalized spacial score (nSPS) is 10.7. The summed E-state index contributed by atoms with van der Waals surface area (Å²) in [5, 5.41) is 0. The van der Waals surface area contributed by atoms with Gasteiger partial charge in [-0.1, -0.05) is 90.5 Å². The second-order valence-corrected chi connectivity index (χ2v) is 7.57. The topological polar surface area (TPSA) is 65.5 Å². The lowest BCUT2D eigenvalue weighted by Gasteiger charge is -2.07. The van der Waals surface area contributed by atoms with E-state index in [0.717, 1.165) is 38.5 Å². The molecule has 0 unspecified atom stereocenters. The predicted molar refractivity (Wildman–Crippen MR) is 116 cm³/mol. The maximum atomic E-state index is 12.2. The molecule has 1 aromatic heterocycles. The van der Waals surface area contributed by atoms with Crippen LogP contribution in [0.25, 0.3) is 0 Å². The molecule has 0 saturated heterocycles. The first-order valence-electron chi connectivity index (χ1n) is 11.5. The molecule has 0 N–H and O–H groups in total. The number of pyridine rings is 1. The zero-order chi connectivity index (χ0) is 21.2. The summed E-state index contributed by atoms with van der Waals surface area (Å²) in [6.45, 7) is 5.14. The minimum absolute atomic E-state index is 0.151. The zero-order valence-corrected chi connectivity index (χ0v) is 18.4. The third-order valence-corrected chi connectivity index (χ3v) is 4.88. The lowest BCUT2D eigenvalue weighted by Crippen LogP contribution is -2.13. The minimum Gasteiger partial charge on any atom is -0.461 e. The van der Waals surface area contributed by atoms with E-state index in [9.17, 15) is 9.59 Å². The smallest absolute Gasteiger partial charge is 0.356 e. The molecule has 164 valence electrons. The molecular weight excluding hydrogens is 366 g/mol. The van der Waals surface area contributed by atoms with Crippen LogP contribution in [0.1, 0.15) is 118 Å². The number of esters is 2. The van der Waals surface area contributed by atoms with Gasteiger partial charge in [-0.05, 0) is 25.0 Å². The number of ether oxygens (including phenoxy) is 2. The summed E-state index contributed by atoms with van der Waals surface area (Å²) in [4.78, 5) is 28.3. The van der Waals surface area contributed by atoms with Crippen molar-refractivity contribution in [1.29, 1.82) is 0 Å². The third kappa shape index (κ3) is 12.3. The van der Waals surface area contributed by atoms with Gasteiger partial charge in [-0.25, -0.2) is 14.6 Å². The van der Waals surface area contributed by atoms with Gasteiger partial charge in [-0.2, -0.15) is 0 Å². The summed E-state index contributed by atoms with van der Waals surface area (Å²) in [6.07, 6.45) is 15.1. The molecule has 0 spiro atoms. The Bertz CT molecular complexity index is 574. The molecule has 0 aliphatic rings. The van der Waals surface area contributed by atoms with Gasteiger partial charge in [-0.3, -0.25) is 0 Å². The van der Waals surface area contributed by atoms with Gasteiger partial charge < -0.3 is 9.47 Å². The fraction of sp³-hybridized carbons (Fsp3) is 0.708. The number of aromatic nitrogens is 1. The highest BCUT2D eigenvalue weighted by atomic mass is 16.5. The minimum atomic E-state index is -0.491. The monoisotopic (exact) mass is 405 g/mol. The standard InChI is InChI=1S/C24H39NO4/c1-3-5-7-9-10-11-12-13-15-20-29-24(27)22-18-16-17-21(25-22)23(26)28-19-14-8-6-4-2/h16-18H,3-15,19-20H2,1-2H3. The van der Waals surface area contributed by atoms with Gasteiger partial charge in [0.2, 0.25) is 0 Å². The summed E-state index contributed by atoms with van der Waals surface area (Å²) < 4.78 is 10.5. The van der Waals surface area contributed by atoms with Crippen LogP contribution in [-0.2, 0) is 9.47 Å². The van der Waals surface area contributed by atoms with Crippen molar-refractivity contribution in [2.75, 3.05) is 13.2 Å². The van der Waals surface area contributed by atoms with Crippen molar-refractivity contribution in [2.24, 2.45) is 0 Å². The van der Waals surface area contributed by atoms with E-state index in [0.29, 0.717) is 13.2 Å². The van der Waals surface area contributed by atoms with Crippen LogP contribution in [0.3, 0.4) is 0 Å². The molecule has 0 aliphatic carbocycles. The van der Waals surface area contributed by atoms with Crippen molar-refractivity contribution in [1.82, 2.24) is 4.98 Å². The highest BCUT2D eigenvalue weighted by molar-refractivity contribution is 5.91. The molecule has 1 rings (SSSR count). The second kappa shape index (κ2) is 17.0. The molecule has 0 aromatic carbocycles. The first kappa shape index (κ1) is 25.1. The Kier molecular flexibility index (Phi) is 14.7. The fourth-order valence-corrected chi connectivity index (χ4v) is 3.08. The largest absolute Gasteiger partial charge is 0.461 e. The van der Waals surface area contributed by atoms with E-state index in [-0.39, 0.29) is 11.4 Å². The summed E-state index contributed by atoms with van der Waals surface area (Å²) in [5.41, 5.74) is 0.305. The summed E-state index contributed by atoms with van der Waals surface area (Å²) >= 11 is 0. The number of nitrogens with zero attached hydrogens (tertiary/aromatic N) is 1. The Balaban J connectivity index is 2.21. The molecule has 0 amide bonds. The van der Waals surface area contributed by atoms with Crippen LogP contribution >= 0.6 is 0 Å². The van der Waals surface area contributed by atoms with Crippen molar-refractivity contribution in [3.63, 3.8) is 0 Å². The molecule has 5 nitrogen and oxygen atoms in total. The molecule has 29 heavy (non-hydrogen) atoms. The van der Waals surface area contributed by atoms with Gasteiger partial charge in [0.1, 0.15) is 11.4 Å². The molecule has 1 aromatic rings. The lowest BCUT2D eigenvalue weighted by molar-refractivity contribution is 0.0482. The number of hydrogen-bond donors (Lipinski definition) is 0. The van der Waals surface area contributed by atoms with Gasteiger partial charge in [-0.15, -0.1) is 0 Å². The van der Waals surface area contributed by atoms with Crippen molar-refractivity contribution < 1.29 is 19.1 Å². The van der Waals surface area contributed by atoms with E-state index < -0.39 is 11.9 Å². The van der Waals surface area contributed by atoms with E-state index in [4.69, 9.17) is 9.47 Å². The van der Waals surface area contributed by atoms with Crippen LogP contribution in [0, 0.1) is 0 Å². The highest BCUT2D eigenvalue weighted by Crippen LogP contribution is 2.10. The number of carbonyl (C=O) groups is 2. The van der Waals surface area contributed by atoms with Crippen molar-refractivity contribution in [2.45, 2.75) is 97.3 Å². The third-order valence-electron chi connectivity index (χ3n) is 4.88. The summed E-state index contributed by atoms with van der Waals surface area (Å²) in [7, 11) is 0. The molecular formula is C24H39NO4. The van der Waals surface area contributed by atoms with E-state index in [1.54, 1.807) is 18.2 Å². The maximum Gasteiger partial charge on any atom is 0.356 e. The van der Waals surface area contributed by atoms with Crippen molar-refractivity contribution >= 4 is 11.9 Å². The first-order valence-corrected chi connectivity index (χ1v) is 11.5. The number of hydrogen-bond acceptors (Lipinski definition) is 5. The van der Waals surface area contributed by atoms with Crippen LogP contribution in [-0.4, -0.2) is 30.1 Å². The van der Waals surface area contributed by atoms with E-state index >= 15 is 0 Å². The van der Waals surface area contributed by atoms with E-state index in [2.05, 4.69) is 18.8 Å². The van der Waals surface area contributed by atoms with Gasteiger partial charge in [0, 0.05) is 0 Å². The van der Waals surface area contributed by atoms with Crippen LogP contribution in [0.4, 0.5) is 0 Å². The predicted octanol–water partition coefficient (Wildman–Crippen LogP) is 6.51. The Morgan fingerprint density at radius 3 is 1.48 bits per heavy atom. The van der Waals surface area contributed by atoms with Crippen molar-refractivity contribution in [3.8, 4) is 0 Å². The van der Waals surface area contributed by atoms with Crippen LogP contribution < -0.4 is 0 Å². The lowest BCUT2D eigenvalue weighted by atomic mass is 10.1. The first-order chi connectivity index (χ1) is 14.2. The second-order valence-electron chi connectivity index (χ2n) is 7.57. The van der Waals surface area contributed by atoms with Gasteiger partial charge in [0.15, 0.2) is 0 Å². The number of rotatable bonds is 17. The molecule has 0 fully saturated rings. The van der Waals surface area contributed by atoms with Gasteiger partial charge >= 0.3 is 11.9 Å². The highest BCUT2D eigenvalue weighted by Gasteiger charge is 2.14. The molecule has 1 heterocycles. The Morgan fingerprint density at radius 2 is 1.03 bits per heavy atom. The number of carbonyl (C=O) groups excluding carboxylic acids is 2. The molecule has 0 saturated carbocycles. The van der Waals surface area contributed by atoms with Crippen LogP contribution in [0.15, 0.2) is 18.2 Å². The van der Waals surface area contributed by atoms with Crippen molar-refractivity contribution in [3.05, 3.63) is 29.6 Å². The molecule has 0 radical (unpaired) electrons. The Labute approximate surface area is 176 Å². The molecule has 5 heteroatoms. The molecule has 0 aliphatic heterocycles. The average Bonchev–Trinajstić information content (AvgIpc) is 2.74.